The van der Waals surface area contributed by atoms with E-state index < -0.39 is 0 Å². The van der Waals surface area contributed by atoms with Crippen molar-refractivity contribution in [3.63, 3.8) is 0 Å². The van der Waals surface area contributed by atoms with Crippen LogP contribution in [0.5, 0.6) is 0 Å². The second-order valence-corrected chi connectivity index (χ2v) is 7.75. The van der Waals surface area contributed by atoms with Crippen molar-refractivity contribution in [3.05, 3.63) is 95.6 Å². The van der Waals surface area contributed by atoms with E-state index in [-0.39, 0.29) is 0 Å². The molecule has 28 heavy (non-hydrogen) atoms. The van der Waals surface area contributed by atoms with E-state index >= 15 is 0 Å². The van der Waals surface area contributed by atoms with Crippen molar-refractivity contribution in [1.29, 1.82) is 0 Å². The van der Waals surface area contributed by atoms with Crippen LogP contribution in [0.25, 0.3) is 21.8 Å². The van der Waals surface area contributed by atoms with Gasteiger partial charge in [-0.15, -0.1) is 0 Å². The van der Waals surface area contributed by atoms with Crippen molar-refractivity contribution >= 4 is 22.2 Å². The van der Waals surface area contributed by atoms with Gasteiger partial charge in [-0.1, -0.05) is 101 Å². The molecule has 1 heterocycles. The number of hydrogen-bond donors (Lipinski definition) is 1. The first kappa shape index (κ1) is 18.1. The van der Waals surface area contributed by atoms with Crippen LogP contribution in [0, 0.1) is 13.8 Å². The molecule has 0 radical (unpaired) electrons. The van der Waals surface area contributed by atoms with Crippen LogP contribution in [0.4, 0.5) is 5.00 Å². The normalized spacial score (nSPS) is 11.6. The van der Waals surface area contributed by atoms with E-state index in [1.54, 1.807) is 11.3 Å². The summed E-state index contributed by atoms with van der Waals surface area (Å²) in [5.74, 6) is 0.497. The Morgan fingerprint density at radius 2 is 1.39 bits per heavy atom. The molecule has 3 aromatic carbocycles. The van der Waals surface area contributed by atoms with Crippen molar-refractivity contribution in [2.24, 2.45) is 10.7 Å². The van der Waals surface area contributed by atoms with E-state index in [1.165, 1.54) is 11.1 Å². The quantitative estimate of drug-likeness (QED) is 0.340. The minimum Gasteiger partial charge on any atom is -0.383 e. The molecule has 0 atom stereocenters. The largest absolute Gasteiger partial charge is 0.383 e. The van der Waals surface area contributed by atoms with Crippen LogP contribution in [0.1, 0.15) is 16.7 Å². The van der Waals surface area contributed by atoms with Gasteiger partial charge in [-0.3, -0.25) is 0 Å². The molecule has 0 saturated heterocycles. The Labute approximate surface area is 169 Å². The number of thiazole rings is 1. The molecule has 0 aliphatic rings. The van der Waals surface area contributed by atoms with Crippen LogP contribution < -0.4 is 5.73 Å². The third-order valence-corrected chi connectivity index (χ3v) is 5.52. The zero-order valence-electron chi connectivity index (χ0n) is 15.9. The van der Waals surface area contributed by atoms with E-state index in [9.17, 15) is 0 Å². The molecule has 4 rings (SSSR count). The molecule has 3 nitrogen and oxygen atoms in total. The molecule has 0 fully saturated rings. The number of nitrogens with two attached hydrogens (primary N) is 1. The number of aryl methyl sites for hydroxylation is 2. The monoisotopic (exact) mass is 383 g/mol. The van der Waals surface area contributed by atoms with Gasteiger partial charge in [0.2, 0.25) is 0 Å². The topological polar surface area (TPSA) is 51.3 Å². The fraction of sp³-hybridized carbons (Fsp3) is 0.0833. The minimum atomic E-state index is 0.497. The molecule has 0 amide bonds. The van der Waals surface area contributed by atoms with Gasteiger partial charge in [-0.05, 0) is 13.8 Å². The molecule has 0 aliphatic carbocycles. The number of rotatable bonds is 4. The lowest BCUT2D eigenvalue weighted by Crippen LogP contribution is -2.12. The summed E-state index contributed by atoms with van der Waals surface area (Å²) in [6.07, 6.45) is 0. The number of aliphatic imine (C=N–C) groups is 1. The van der Waals surface area contributed by atoms with Gasteiger partial charge in [0.05, 0.1) is 0 Å². The van der Waals surface area contributed by atoms with Gasteiger partial charge in [-0.2, -0.15) is 0 Å². The zero-order valence-corrected chi connectivity index (χ0v) is 16.7. The van der Waals surface area contributed by atoms with Crippen molar-refractivity contribution in [1.82, 2.24) is 4.98 Å². The molecule has 0 spiro atoms. The lowest BCUT2D eigenvalue weighted by Gasteiger charge is -2.02. The average molecular weight is 384 g/mol. The minimum absolute atomic E-state index is 0.497. The highest BCUT2D eigenvalue weighted by Crippen LogP contribution is 2.40. The Morgan fingerprint density at radius 3 is 2.04 bits per heavy atom. The Bertz CT molecular complexity index is 1110. The molecule has 4 aromatic rings. The van der Waals surface area contributed by atoms with Gasteiger partial charge < -0.3 is 5.73 Å². The van der Waals surface area contributed by atoms with Gasteiger partial charge >= 0.3 is 0 Å². The SMILES string of the molecule is Cc1ccc(/C(N)=N/c2sc(-c3ccc(C)cc3)nc2-c2ccccc2)cc1. The van der Waals surface area contributed by atoms with Crippen molar-refractivity contribution < 1.29 is 0 Å². The van der Waals surface area contributed by atoms with Crippen LogP contribution in [0.15, 0.2) is 83.9 Å². The summed E-state index contributed by atoms with van der Waals surface area (Å²) < 4.78 is 0. The summed E-state index contributed by atoms with van der Waals surface area (Å²) in [6, 6.07) is 26.6. The second kappa shape index (κ2) is 7.79. The predicted molar refractivity (Wildman–Crippen MR) is 119 cm³/mol. The first-order valence-electron chi connectivity index (χ1n) is 9.14. The van der Waals surface area contributed by atoms with E-state index in [0.717, 1.165) is 32.4 Å². The van der Waals surface area contributed by atoms with Crippen molar-refractivity contribution in [2.75, 3.05) is 0 Å². The van der Waals surface area contributed by atoms with Gasteiger partial charge in [0.1, 0.15) is 21.5 Å². The number of aromatic nitrogens is 1. The molecule has 138 valence electrons. The van der Waals surface area contributed by atoms with Gasteiger partial charge in [0.25, 0.3) is 0 Å². The highest BCUT2D eigenvalue weighted by molar-refractivity contribution is 7.19. The fourth-order valence-corrected chi connectivity index (χ4v) is 3.87. The van der Waals surface area contributed by atoms with Gasteiger partial charge in [0, 0.05) is 16.7 Å². The molecule has 0 bridgehead atoms. The molecule has 4 heteroatoms. The van der Waals surface area contributed by atoms with E-state index in [4.69, 9.17) is 15.7 Å². The number of amidine groups is 1. The van der Waals surface area contributed by atoms with E-state index in [1.807, 2.05) is 42.5 Å². The highest BCUT2D eigenvalue weighted by Gasteiger charge is 2.15. The van der Waals surface area contributed by atoms with Gasteiger partial charge in [-0.25, -0.2) is 9.98 Å². The average Bonchev–Trinajstić information content (AvgIpc) is 3.13. The number of hydrogen-bond acceptors (Lipinski definition) is 3. The maximum Gasteiger partial charge on any atom is 0.146 e. The summed E-state index contributed by atoms with van der Waals surface area (Å²) in [6.45, 7) is 4.14. The lowest BCUT2D eigenvalue weighted by molar-refractivity contribution is 1.37. The van der Waals surface area contributed by atoms with E-state index in [2.05, 4.69) is 50.2 Å². The Hall–Kier alpha value is -3.24. The Kier molecular flexibility index (Phi) is 5.04. The standard InChI is InChI=1S/C24H21N3S/c1-16-8-12-19(13-9-16)22(25)27-24-21(18-6-4-3-5-7-18)26-23(28-24)20-14-10-17(2)11-15-20/h3-15H,1-2H3,(H2,25,27). The highest BCUT2D eigenvalue weighted by atomic mass is 32.1. The third kappa shape index (κ3) is 3.87. The van der Waals surface area contributed by atoms with Crippen LogP contribution >= 0.6 is 11.3 Å². The van der Waals surface area contributed by atoms with Gasteiger partial charge in [0.15, 0.2) is 0 Å². The third-order valence-electron chi connectivity index (χ3n) is 4.52. The molecule has 1 aromatic heterocycles. The smallest absolute Gasteiger partial charge is 0.146 e. The van der Waals surface area contributed by atoms with Crippen LogP contribution in [-0.2, 0) is 0 Å². The molecular formula is C24H21N3S. The summed E-state index contributed by atoms with van der Waals surface area (Å²) in [4.78, 5) is 9.65. The zero-order chi connectivity index (χ0) is 19.5. The van der Waals surface area contributed by atoms with Crippen LogP contribution in [-0.4, -0.2) is 10.8 Å². The molecule has 2 N–H and O–H groups in total. The van der Waals surface area contributed by atoms with Crippen LogP contribution in [0.3, 0.4) is 0 Å². The number of nitrogens with zero attached hydrogens (tertiary/aromatic N) is 2. The summed E-state index contributed by atoms with van der Waals surface area (Å²) >= 11 is 1.56. The summed E-state index contributed by atoms with van der Waals surface area (Å²) in [5, 5.41) is 1.76. The molecule has 0 unspecified atom stereocenters. The first-order chi connectivity index (χ1) is 13.6. The van der Waals surface area contributed by atoms with E-state index in [0.29, 0.717) is 5.84 Å². The predicted octanol–water partition coefficient (Wildman–Crippen LogP) is 6.13. The summed E-state index contributed by atoms with van der Waals surface area (Å²) in [5.41, 5.74) is 12.6. The van der Waals surface area contributed by atoms with Crippen molar-refractivity contribution in [3.8, 4) is 21.8 Å². The Morgan fingerprint density at radius 1 is 0.786 bits per heavy atom. The lowest BCUT2D eigenvalue weighted by atomic mass is 10.1. The van der Waals surface area contributed by atoms with Crippen LogP contribution in [0.2, 0.25) is 0 Å². The second-order valence-electron chi connectivity index (χ2n) is 6.77. The summed E-state index contributed by atoms with van der Waals surface area (Å²) in [7, 11) is 0. The molecule has 0 saturated carbocycles. The Balaban J connectivity index is 1.81. The molecule has 0 aliphatic heterocycles. The first-order valence-corrected chi connectivity index (χ1v) is 9.96. The fourth-order valence-electron chi connectivity index (χ4n) is 2.89. The maximum atomic E-state index is 6.32. The molecular weight excluding hydrogens is 362 g/mol. The maximum absolute atomic E-state index is 6.32. The van der Waals surface area contributed by atoms with Crippen molar-refractivity contribution in [2.45, 2.75) is 13.8 Å². The number of benzene rings is 3.